The van der Waals surface area contributed by atoms with E-state index < -0.39 is 41.5 Å². The number of aliphatic hydroxyl groups excluding tert-OH is 1. The second kappa shape index (κ2) is 13.8. The van der Waals surface area contributed by atoms with Crippen molar-refractivity contribution < 1.29 is 23.4 Å². The molecule has 3 aromatic rings. The summed E-state index contributed by atoms with van der Waals surface area (Å²) < 4.78 is 34.5. The van der Waals surface area contributed by atoms with Crippen molar-refractivity contribution in [2.75, 3.05) is 6.54 Å². The van der Waals surface area contributed by atoms with Gasteiger partial charge < -0.3 is 14.7 Å². The summed E-state index contributed by atoms with van der Waals surface area (Å²) in [4.78, 5) is 17.2. The zero-order valence-corrected chi connectivity index (χ0v) is 25.4. The normalized spacial score (nSPS) is 17.3. The summed E-state index contributed by atoms with van der Waals surface area (Å²) in [7, 11) is 0. The predicted octanol–water partition coefficient (Wildman–Crippen LogP) is 7.35. The van der Waals surface area contributed by atoms with Gasteiger partial charge in [-0.1, -0.05) is 48.5 Å². The topological polar surface area (TPSA) is 53.0 Å². The highest BCUT2D eigenvalue weighted by Gasteiger charge is 2.40. The van der Waals surface area contributed by atoms with E-state index in [0.717, 1.165) is 41.2 Å². The molecule has 0 saturated carbocycles. The minimum Gasteiger partial charge on any atom is -0.444 e. The molecule has 0 spiro atoms. The van der Waals surface area contributed by atoms with E-state index in [1.54, 1.807) is 4.90 Å². The van der Waals surface area contributed by atoms with E-state index in [9.17, 15) is 18.7 Å². The fourth-order valence-corrected chi connectivity index (χ4v) is 5.86. The van der Waals surface area contributed by atoms with E-state index in [-0.39, 0.29) is 6.42 Å². The highest BCUT2D eigenvalue weighted by atomic mass is 19.1. The van der Waals surface area contributed by atoms with Crippen molar-refractivity contribution in [3.63, 3.8) is 0 Å². The quantitative estimate of drug-likeness (QED) is 0.289. The Hall–Kier alpha value is -3.29. The van der Waals surface area contributed by atoms with Crippen molar-refractivity contribution in [2.45, 2.75) is 97.2 Å². The number of likely N-dealkylation sites (tertiary alicyclic amines) is 1. The minimum atomic E-state index is -1.00. The molecule has 0 aliphatic carbocycles. The molecular formula is C35H44F2N2O3. The van der Waals surface area contributed by atoms with Crippen molar-refractivity contribution in [2.24, 2.45) is 0 Å². The van der Waals surface area contributed by atoms with Gasteiger partial charge in [0.25, 0.3) is 0 Å². The van der Waals surface area contributed by atoms with Crippen LogP contribution in [-0.4, -0.2) is 51.3 Å². The van der Waals surface area contributed by atoms with Gasteiger partial charge in [-0.3, -0.25) is 4.90 Å². The van der Waals surface area contributed by atoms with Gasteiger partial charge in [0.05, 0.1) is 12.1 Å². The maximum Gasteiger partial charge on any atom is 0.410 e. The number of ether oxygens (including phenoxy) is 1. The van der Waals surface area contributed by atoms with E-state index in [2.05, 4.69) is 43.0 Å². The van der Waals surface area contributed by atoms with Gasteiger partial charge in [-0.15, -0.1) is 0 Å². The SMILES string of the molecule is Cc1ccccc1CN(Cc1ccccc1C)C(Cc1cc(F)cc(F)c1)C(O)C1CCCCN1C(=O)OC(C)(C)C. The Balaban J connectivity index is 1.77. The van der Waals surface area contributed by atoms with E-state index in [1.165, 1.54) is 12.1 Å². The average Bonchev–Trinajstić information content (AvgIpc) is 2.92. The summed E-state index contributed by atoms with van der Waals surface area (Å²) in [6, 6.07) is 18.7. The fraction of sp³-hybridized carbons (Fsp3) is 0.457. The molecule has 42 heavy (non-hydrogen) atoms. The number of carbonyl (C=O) groups excluding carboxylic acids is 1. The highest BCUT2D eigenvalue weighted by Crippen LogP contribution is 2.29. The van der Waals surface area contributed by atoms with Gasteiger partial charge in [0.1, 0.15) is 17.2 Å². The van der Waals surface area contributed by atoms with Crippen LogP contribution in [0.5, 0.6) is 0 Å². The first-order valence-corrected chi connectivity index (χ1v) is 14.9. The Labute approximate surface area is 249 Å². The molecule has 3 atom stereocenters. The Bertz CT molecular complexity index is 1290. The maximum absolute atomic E-state index is 14.4. The molecule has 5 nitrogen and oxygen atoms in total. The predicted molar refractivity (Wildman–Crippen MR) is 162 cm³/mol. The first-order valence-electron chi connectivity index (χ1n) is 14.9. The van der Waals surface area contributed by atoms with Gasteiger partial charge in [-0.2, -0.15) is 0 Å². The summed E-state index contributed by atoms with van der Waals surface area (Å²) in [6.07, 6.45) is 1.03. The molecule has 1 saturated heterocycles. The molecule has 1 fully saturated rings. The Morgan fingerprint density at radius 1 is 0.952 bits per heavy atom. The lowest BCUT2D eigenvalue weighted by Crippen LogP contribution is -2.58. The van der Waals surface area contributed by atoms with Crippen LogP contribution in [0.25, 0.3) is 0 Å². The van der Waals surface area contributed by atoms with Crippen LogP contribution in [0.15, 0.2) is 66.7 Å². The summed E-state index contributed by atoms with van der Waals surface area (Å²) in [6.45, 7) is 11.1. The van der Waals surface area contributed by atoms with Crippen LogP contribution in [0.1, 0.15) is 67.9 Å². The van der Waals surface area contributed by atoms with Gasteiger partial charge in [-0.05, 0) is 100 Å². The fourth-order valence-electron chi connectivity index (χ4n) is 5.86. The number of rotatable bonds is 9. The summed E-state index contributed by atoms with van der Waals surface area (Å²) in [5, 5.41) is 12.2. The first-order chi connectivity index (χ1) is 19.9. The van der Waals surface area contributed by atoms with Crippen LogP contribution in [0, 0.1) is 25.5 Å². The number of hydrogen-bond donors (Lipinski definition) is 1. The van der Waals surface area contributed by atoms with Crippen LogP contribution < -0.4 is 0 Å². The van der Waals surface area contributed by atoms with Crippen molar-refractivity contribution in [1.82, 2.24) is 9.80 Å². The molecule has 1 aliphatic heterocycles. The Morgan fingerprint density at radius 2 is 1.50 bits per heavy atom. The lowest BCUT2D eigenvalue weighted by atomic mass is 9.88. The van der Waals surface area contributed by atoms with Crippen LogP contribution in [0.2, 0.25) is 0 Å². The molecule has 0 radical (unpaired) electrons. The van der Waals surface area contributed by atoms with Crippen molar-refractivity contribution >= 4 is 6.09 Å². The molecule has 3 unspecified atom stereocenters. The largest absolute Gasteiger partial charge is 0.444 e. The molecule has 3 aromatic carbocycles. The highest BCUT2D eigenvalue weighted by molar-refractivity contribution is 5.68. The lowest BCUT2D eigenvalue weighted by Gasteiger charge is -2.44. The van der Waals surface area contributed by atoms with Gasteiger partial charge in [0.15, 0.2) is 0 Å². The van der Waals surface area contributed by atoms with Crippen molar-refractivity contribution in [3.8, 4) is 0 Å². The average molecular weight is 579 g/mol. The summed E-state index contributed by atoms with van der Waals surface area (Å²) in [5.74, 6) is -1.31. The number of carbonyl (C=O) groups is 1. The Kier molecular flexibility index (Phi) is 10.4. The van der Waals surface area contributed by atoms with E-state index in [4.69, 9.17) is 4.74 Å². The molecule has 1 aliphatic rings. The minimum absolute atomic E-state index is 0.201. The third-order valence-corrected chi connectivity index (χ3v) is 8.07. The maximum atomic E-state index is 14.4. The van der Waals surface area contributed by atoms with Crippen LogP contribution in [0.3, 0.4) is 0 Å². The molecular weight excluding hydrogens is 534 g/mol. The number of piperidine rings is 1. The van der Waals surface area contributed by atoms with Gasteiger partial charge >= 0.3 is 6.09 Å². The van der Waals surface area contributed by atoms with Crippen molar-refractivity contribution in [3.05, 3.63) is 106 Å². The van der Waals surface area contributed by atoms with Gasteiger partial charge in [0, 0.05) is 31.7 Å². The van der Waals surface area contributed by atoms with E-state index in [1.807, 2.05) is 45.0 Å². The number of halogens is 2. The zero-order valence-electron chi connectivity index (χ0n) is 25.4. The molecule has 4 rings (SSSR count). The third-order valence-electron chi connectivity index (χ3n) is 8.07. The number of benzene rings is 3. The third kappa shape index (κ3) is 8.39. The zero-order chi connectivity index (χ0) is 30.4. The molecule has 0 bridgehead atoms. The number of aliphatic hydroxyl groups is 1. The Morgan fingerprint density at radius 3 is 2.02 bits per heavy atom. The van der Waals surface area contributed by atoms with E-state index >= 15 is 0 Å². The second-order valence-corrected chi connectivity index (χ2v) is 12.5. The lowest BCUT2D eigenvalue weighted by molar-refractivity contribution is -0.0464. The summed E-state index contributed by atoms with van der Waals surface area (Å²) >= 11 is 0. The number of aryl methyl sites for hydroxylation is 2. The van der Waals surface area contributed by atoms with Gasteiger partial charge in [-0.25, -0.2) is 13.6 Å². The smallest absolute Gasteiger partial charge is 0.410 e. The first kappa shape index (κ1) is 31.6. The number of hydrogen-bond acceptors (Lipinski definition) is 4. The molecule has 226 valence electrons. The molecule has 1 heterocycles. The summed E-state index contributed by atoms with van der Waals surface area (Å²) in [5.41, 5.74) is 4.21. The van der Waals surface area contributed by atoms with Crippen LogP contribution >= 0.6 is 0 Å². The van der Waals surface area contributed by atoms with Crippen molar-refractivity contribution in [1.29, 1.82) is 0 Å². The number of nitrogens with zero attached hydrogens (tertiary/aromatic N) is 2. The second-order valence-electron chi connectivity index (χ2n) is 12.5. The monoisotopic (exact) mass is 578 g/mol. The molecule has 7 heteroatoms. The van der Waals surface area contributed by atoms with E-state index in [0.29, 0.717) is 31.6 Å². The molecule has 1 amide bonds. The van der Waals surface area contributed by atoms with Gasteiger partial charge in [0.2, 0.25) is 0 Å². The number of amides is 1. The van der Waals surface area contributed by atoms with Crippen LogP contribution in [0.4, 0.5) is 13.6 Å². The van der Waals surface area contributed by atoms with Crippen LogP contribution in [-0.2, 0) is 24.2 Å². The molecule has 1 N–H and O–H groups in total. The molecule has 0 aromatic heterocycles. The standard InChI is InChI=1S/C35H44F2N2O3/c1-24-12-6-8-14-27(24)22-38(23-28-15-9-7-13-25(28)2)32(20-26-18-29(36)21-30(37)19-26)33(40)31-16-10-11-17-39(31)34(41)42-35(3,4)5/h6-9,12-15,18-19,21,31-33,40H,10-11,16-17,20,22-23H2,1-5H3.